The second-order valence-corrected chi connectivity index (χ2v) is 6.34. The lowest BCUT2D eigenvalue weighted by Crippen LogP contribution is -2.53. The van der Waals surface area contributed by atoms with Crippen molar-refractivity contribution in [2.24, 2.45) is 0 Å². The van der Waals surface area contributed by atoms with Gasteiger partial charge in [0.05, 0.1) is 18.2 Å². The molecule has 1 fully saturated rings. The van der Waals surface area contributed by atoms with Crippen molar-refractivity contribution in [2.75, 3.05) is 6.61 Å². The number of rotatable bonds is 4. The molecule has 110 valence electrons. The summed E-state index contributed by atoms with van der Waals surface area (Å²) in [6.07, 6.45) is 3.81. The number of aliphatic hydroxyl groups is 1. The molecule has 2 amide bonds. The number of amides is 2. The maximum atomic E-state index is 12.1. The van der Waals surface area contributed by atoms with Crippen molar-refractivity contribution in [3.8, 4) is 0 Å². The van der Waals surface area contributed by atoms with Gasteiger partial charge in [0.15, 0.2) is 0 Å². The van der Waals surface area contributed by atoms with Crippen molar-refractivity contribution in [1.82, 2.24) is 10.6 Å². The Kier molecular flexibility index (Phi) is 5.05. The van der Waals surface area contributed by atoms with Crippen LogP contribution in [-0.2, 0) is 0 Å². The van der Waals surface area contributed by atoms with Crippen LogP contribution in [0.15, 0.2) is 28.7 Å². The van der Waals surface area contributed by atoms with Gasteiger partial charge in [-0.1, -0.05) is 47.0 Å². The van der Waals surface area contributed by atoms with Crippen molar-refractivity contribution in [3.05, 3.63) is 34.3 Å². The number of halogens is 1. The molecular formula is C15H21BrN2O2. The predicted molar refractivity (Wildman–Crippen MR) is 82.5 cm³/mol. The Morgan fingerprint density at radius 1 is 1.40 bits per heavy atom. The summed E-state index contributed by atoms with van der Waals surface area (Å²) < 4.78 is 0.977. The van der Waals surface area contributed by atoms with Crippen LogP contribution in [0.4, 0.5) is 4.79 Å². The van der Waals surface area contributed by atoms with E-state index in [0.29, 0.717) is 0 Å². The normalized spacial score (nSPS) is 18.6. The lowest BCUT2D eigenvalue weighted by molar-refractivity contribution is 0.162. The smallest absolute Gasteiger partial charge is 0.315 e. The van der Waals surface area contributed by atoms with Gasteiger partial charge in [-0.05, 0) is 31.4 Å². The van der Waals surface area contributed by atoms with E-state index < -0.39 is 5.54 Å². The fraction of sp³-hybridized carbons (Fsp3) is 0.533. The maximum Gasteiger partial charge on any atom is 0.315 e. The highest BCUT2D eigenvalue weighted by molar-refractivity contribution is 9.10. The molecule has 1 aliphatic rings. The van der Waals surface area contributed by atoms with Crippen LogP contribution in [0.1, 0.15) is 44.2 Å². The number of carbonyl (C=O) groups is 1. The van der Waals surface area contributed by atoms with Crippen LogP contribution in [0.5, 0.6) is 0 Å². The molecule has 1 saturated carbocycles. The quantitative estimate of drug-likeness (QED) is 0.788. The van der Waals surface area contributed by atoms with Gasteiger partial charge in [-0.2, -0.15) is 0 Å². The highest BCUT2D eigenvalue weighted by Gasteiger charge is 2.34. The van der Waals surface area contributed by atoms with E-state index in [-0.39, 0.29) is 18.7 Å². The van der Waals surface area contributed by atoms with E-state index in [0.717, 1.165) is 35.7 Å². The Labute approximate surface area is 128 Å². The molecule has 1 aromatic rings. The summed E-state index contributed by atoms with van der Waals surface area (Å²) in [6, 6.07) is 7.51. The molecular weight excluding hydrogens is 320 g/mol. The van der Waals surface area contributed by atoms with E-state index in [1.165, 1.54) is 0 Å². The molecule has 1 atom stereocenters. The number of urea groups is 1. The molecule has 2 rings (SSSR count). The zero-order valence-corrected chi connectivity index (χ0v) is 13.2. The lowest BCUT2D eigenvalue weighted by Gasteiger charge is -2.29. The Bertz CT molecular complexity index is 473. The second kappa shape index (κ2) is 6.59. The van der Waals surface area contributed by atoms with Crippen LogP contribution < -0.4 is 10.6 Å². The maximum absolute atomic E-state index is 12.1. The van der Waals surface area contributed by atoms with E-state index >= 15 is 0 Å². The molecule has 1 aliphatic carbocycles. The molecule has 4 nitrogen and oxygen atoms in total. The number of carbonyl (C=O) groups excluding carboxylic acids is 1. The lowest BCUT2D eigenvalue weighted by atomic mass is 9.99. The summed E-state index contributed by atoms with van der Waals surface area (Å²) in [5.74, 6) is 0. The van der Waals surface area contributed by atoms with Gasteiger partial charge in [-0.3, -0.25) is 0 Å². The van der Waals surface area contributed by atoms with Gasteiger partial charge in [-0.15, -0.1) is 0 Å². The molecule has 0 bridgehead atoms. The average Bonchev–Trinajstić information content (AvgIpc) is 2.88. The third-order valence-electron chi connectivity index (χ3n) is 3.96. The first-order chi connectivity index (χ1) is 9.56. The van der Waals surface area contributed by atoms with Gasteiger partial charge in [-0.25, -0.2) is 4.79 Å². The Hall–Kier alpha value is -1.07. The monoisotopic (exact) mass is 340 g/mol. The molecule has 0 spiro atoms. The van der Waals surface area contributed by atoms with Gasteiger partial charge in [0, 0.05) is 4.47 Å². The first-order valence-electron chi connectivity index (χ1n) is 7.00. The van der Waals surface area contributed by atoms with Gasteiger partial charge in [0.2, 0.25) is 0 Å². The van der Waals surface area contributed by atoms with E-state index in [4.69, 9.17) is 0 Å². The molecule has 5 heteroatoms. The first kappa shape index (κ1) is 15.3. The molecule has 20 heavy (non-hydrogen) atoms. The minimum atomic E-state index is -0.433. The summed E-state index contributed by atoms with van der Waals surface area (Å²) in [4.78, 5) is 12.1. The average molecular weight is 341 g/mol. The standard InChI is InChI=1S/C15H21BrN2O2/c1-11(12-6-2-3-7-13(12)16)17-14(20)18-15(10-19)8-4-5-9-15/h2-3,6-7,11,19H,4-5,8-10H2,1H3,(H2,17,18,20). The molecule has 0 heterocycles. The zero-order chi connectivity index (χ0) is 14.6. The van der Waals surface area contributed by atoms with E-state index in [1.54, 1.807) is 0 Å². The summed E-state index contributed by atoms with van der Waals surface area (Å²) >= 11 is 3.49. The molecule has 1 aromatic carbocycles. The van der Waals surface area contributed by atoms with Crippen molar-refractivity contribution >= 4 is 22.0 Å². The minimum absolute atomic E-state index is 0.00380. The molecule has 0 radical (unpaired) electrons. The summed E-state index contributed by atoms with van der Waals surface area (Å²) in [5, 5.41) is 15.4. The Balaban J connectivity index is 1.96. The van der Waals surface area contributed by atoms with Crippen molar-refractivity contribution < 1.29 is 9.90 Å². The molecule has 3 N–H and O–H groups in total. The van der Waals surface area contributed by atoms with Crippen LogP contribution in [-0.4, -0.2) is 23.3 Å². The van der Waals surface area contributed by atoms with Crippen LogP contribution in [0.3, 0.4) is 0 Å². The third-order valence-corrected chi connectivity index (χ3v) is 4.68. The van der Waals surface area contributed by atoms with Gasteiger partial charge >= 0.3 is 6.03 Å². The third kappa shape index (κ3) is 3.52. The number of aliphatic hydroxyl groups excluding tert-OH is 1. The molecule has 0 aliphatic heterocycles. The Morgan fingerprint density at radius 2 is 2.05 bits per heavy atom. The van der Waals surface area contributed by atoms with Gasteiger partial charge in [0.1, 0.15) is 0 Å². The van der Waals surface area contributed by atoms with Crippen molar-refractivity contribution in [3.63, 3.8) is 0 Å². The topological polar surface area (TPSA) is 61.4 Å². The first-order valence-corrected chi connectivity index (χ1v) is 7.80. The number of hydrogen-bond donors (Lipinski definition) is 3. The number of nitrogens with one attached hydrogen (secondary N) is 2. The number of hydrogen-bond acceptors (Lipinski definition) is 2. The SMILES string of the molecule is CC(NC(=O)NC1(CO)CCCC1)c1ccccc1Br. The fourth-order valence-electron chi connectivity index (χ4n) is 2.75. The predicted octanol–water partition coefficient (Wildman–Crippen LogP) is 3.11. The minimum Gasteiger partial charge on any atom is -0.394 e. The van der Waals surface area contributed by atoms with E-state index in [1.807, 2.05) is 31.2 Å². The second-order valence-electron chi connectivity index (χ2n) is 5.49. The van der Waals surface area contributed by atoms with Gasteiger partial charge < -0.3 is 15.7 Å². The fourth-order valence-corrected chi connectivity index (χ4v) is 3.38. The molecule has 0 saturated heterocycles. The summed E-state index contributed by atoms with van der Waals surface area (Å²) in [6.45, 7) is 1.95. The molecule has 1 unspecified atom stereocenters. The van der Waals surface area contributed by atoms with E-state index in [2.05, 4.69) is 26.6 Å². The van der Waals surface area contributed by atoms with Crippen LogP contribution in [0, 0.1) is 0 Å². The largest absolute Gasteiger partial charge is 0.394 e. The number of benzene rings is 1. The van der Waals surface area contributed by atoms with Crippen LogP contribution in [0.2, 0.25) is 0 Å². The van der Waals surface area contributed by atoms with Crippen molar-refractivity contribution in [2.45, 2.75) is 44.2 Å². The summed E-state index contributed by atoms with van der Waals surface area (Å²) in [5.41, 5.74) is 0.602. The highest BCUT2D eigenvalue weighted by Crippen LogP contribution is 2.29. The highest BCUT2D eigenvalue weighted by atomic mass is 79.9. The molecule has 0 aromatic heterocycles. The van der Waals surface area contributed by atoms with E-state index in [9.17, 15) is 9.90 Å². The van der Waals surface area contributed by atoms with Crippen molar-refractivity contribution in [1.29, 1.82) is 0 Å². The zero-order valence-electron chi connectivity index (χ0n) is 11.7. The van der Waals surface area contributed by atoms with Crippen LogP contribution >= 0.6 is 15.9 Å². The summed E-state index contributed by atoms with van der Waals surface area (Å²) in [7, 11) is 0. The van der Waals surface area contributed by atoms with Gasteiger partial charge in [0.25, 0.3) is 0 Å². The Morgan fingerprint density at radius 3 is 2.65 bits per heavy atom. The van der Waals surface area contributed by atoms with Crippen LogP contribution in [0.25, 0.3) is 0 Å².